The molecule has 0 bridgehead atoms. The van der Waals surface area contributed by atoms with E-state index < -0.39 is 55.1 Å². The molecule has 2 heterocycles. The molecule has 5 rings (SSSR count). The van der Waals surface area contributed by atoms with Crippen LogP contribution < -0.4 is 9.64 Å². The van der Waals surface area contributed by atoms with Gasteiger partial charge in [-0.3, -0.25) is 4.79 Å². The molecule has 44 heavy (non-hydrogen) atoms. The quantitative estimate of drug-likeness (QED) is 0.331. The molecule has 234 valence electrons. The standard InChI is InChI=1S/C30H33Cl2N5O7/c1-42-19-10-16(13-33)9-18(12-19)37(23-5-3-4-6-24(23)39)30(41)29-28(43-2)26(27(40)25(15-38)44-29)36-14-22(34-35-36)17-7-8-20(31)21(32)11-17/h7-12,14,23-29,38-40H,3-6,15H2,1-2H3/t23-,24-,25+,26-,27-,28+,29+/m0/s1. The van der Waals surface area contributed by atoms with E-state index in [1.165, 1.54) is 23.8 Å². The van der Waals surface area contributed by atoms with Gasteiger partial charge in [0.1, 0.15) is 35.8 Å². The number of benzene rings is 2. The highest BCUT2D eigenvalue weighted by Gasteiger charge is 2.52. The SMILES string of the molecule is COc1cc(C#N)cc(N(C(=O)[C@@H]2O[C@H](CO)[C@H](O)[C@H](n3cc(-c4ccc(Cl)c(Cl)c4)nn3)[C@H]2OC)[C@H]2CCCC[C@@H]2O)c1. The molecule has 1 aromatic heterocycles. The first-order valence-electron chi connectivity index (χ1n) is 14.2. The summed E-state index contributed by atoms with van der Waals surface area (Å²) in [5.74, 6) is -0.228. The maximum absolute atomic E-state index is 14.6. The molecule has 0 spiro atoms. The number of halogens is 2. The van der Waals surface area contributed by atoms with E-state index in [2.05, 4.69) is 16.4 Å². The van der Waals surface area contributed by atoms with Gasteiger partial charge in [-0.1, -0.05) is 47.3 Å². The zero-order valence-corrected chi connectivity index (χ0v) is 25.6. The molecular weight excluding hydrogens is 613 g/mol. The summed E-state index contributed by atoms with van der Waals surface area (Å²) in [4.78, 5) is 16.0. The summed E-state index contributed by atoms with van der Waals surface area (Å²) in [6.45, 7) is -0.601. The summed E-state index contributed by atoms with van der Waals surface area (Å²) in [5.41, 5.74) is 1.64. The van der Waals surface area contributed by atoms with Crippen molar-refractivity contribution in [2.75, 3.05) is 25.7 Å². The van der Waals surface area contributed by atoms with Crippen LogP contribution in [0, 0.1) is 11.3 Å². The molecule has 3 N–H and O–H groups in total. The van der Waals surface area contributed by atoms with Gasteiger partial charge in [0.2, 0.25) is 0 Å². The second-order valence-electron chi connectivity index (χ2n) is 10.8. The Labute approximate surface area is 264 Å². The lowest BCUT2D eigenvalue weighted by Gasteiger charge is -2.46. The molecule has 3 aromatic rings. The van der Waals surface area contributed by atoms with E-state index in [1.54, 1.807) is 42.6 Å². The lowest BCUT2D eigenvalue weighted by atomic mass is 9.88. The highest BCUT2D eigenvalue weighted by atomic mass is 35.5. The number of ether oxygens (including phenoxy) is 3. The number of aliphatic hydroxyl groups excluding tert-OH is 3. The Balaban J connectivity index is 1.56. The number of carbonyl (C=O) groups excluding carboxylic acids is 1. The molecule has 1 amide bonds. The second kappa shape index (κ2) is 13.8. The first kappa shape index (κ1) is 32.1. The third-order valence-electron chi connectivity index (χ3n) is 8.21. The molecule has 7 atom stereocenters. The summed E-state index contributed by atoms with van der Waals surface area (Å²) in [7, 11) is 2.83. The van der Waals surface area contributed by atoms with Crippen LogP contribution in [0.1, 0.15) is 37.3 Å². The Hall–Kier alpha value is -3.28. The van der Waals surface area contributed by atoms with Crippen molar-refractivity contribution in [1.82, 2.24) is 15.0 Å². The van der Waals surface area contributed by atoms with Crippen LogP contribution >= 0.6 is 23.2 Å². The van der Waals surface area contributed by atoms with Crippen molar-refractivity contribution < 1.29 is 34.3 Å². The number of aromatic nitrogens is 3. The summed E-state index contributed by atoms with van der Waals surface area (Å²) in [6.07, 6.45) is -1.68. The minimum atomic E-state index is -1.35. The highest BCUT2D eigenvalue weighted by molar-refractivity contribution is 6.42. The molecule has 1 saturated carbocycles. The monoisotopic (exact) mass is 645 g/mol. The molecular formula is C30H33Cl2N5O7. The van der Waals surface area contributed by atoms with Crippen molar-refractivity contribution in [2.24, 2.45) is 0 Å². The number of hydrogen-bond acceptors (Lipinski definition) is 10. The molecule has 2 aliphatic rings. The number of nitriles is 1. The smallest absolute Gasteiger partial charge is 0.259 e. The van der Waals surface area contributed by atoms with Crippen LogP contribution in [0.5, 0.6) is 5.75 Å². The average Bonchev–Trinajstić information content (AvgIpc) is 3.52. The zero-order chi connectivity index (χ0) is 31.5. The maximum atomic E-state index is 14.6. The third kappa shape index (κ3) is 6.27. The van der Waals surface area contributed by atoms with Crippen molar-refractivity contribution in [3.8, 4) is 23.1 Å². The van der Waals surface area contributed by atoms with E-state index in [9.17, 15) is 25.4 Å². The predicted octanol–water partition coefficient (Wildman–Crippen LogP) is 3.15. The molecule has 2 fully saturated rings. The fourth-order valence-corrected chi connectivity index (χ4v) is 6.28. The Morgan fingerprint density at radius 3 is 2.59 bits per heavy atom. The number of amides is 1. The molecule has 1 saturated heterocycles. The fourth-order valence-electron chi connectivity index (χ4n) is 5.99. The highest BCUT2D eigenvalue weighted by Crippen LogP contribution is 2.37. The first-order chi connectivity index (χ1) is 21.2. The number of nitrogens with zero attached hydrogens (tertiary/aromatic N) is 5. The normalized spacial score (nSPS) is 27.0. The summed E-state index contributed by atoms with van der Waals surface area (Å²) < 4.78 is 18.6. The van der Waals surface area contributed by atoms with Crippen molar-refractivity contribution in [3.63, 3.8) is 0 Å². The first-order valence-corrected chi connectivity index (χ1v) is 14.9. The molecule has 12 nitrogen and oxygen atoms in total. The molecule has 0 radical (unpaired) electrons. The Kier molecular flexibility index (Phi) is 10.1. The van der Waals surface area contributed by atoms with Gasteiger partial charge < -0.3 is 34.4 Å². The van der Waals surface area contributed by atoms with Crippen LogP contribution in [0.15, 0.2) is 42.6 Å². The average molecular weight is 647 g/mol. The number of methoxy groups -OCH3 is 2. The Morgan fingerprint density at radius 1 is 1.16 bits per heavy atom. The van der Waals surface area contributed by atoms with Crippen LogP contribution in [0.4, 0.5) is 5.69 Å². The van der Waals surface area contributed by atoms with Gasteiger partial charge in [0, 0.05) is 24.4 Å². The van der Waals surface area contributed by atoms with Gasteiger partial charge in [0.25, 0.3) is 5.91 Å². The topological polar surface area (TPSA) is 163 Å². The van der Waals surface area contributed by atoms with Crippen LogP contribution in [0.3, 0.4) is 0 Å². The van der Waals surface area contributed by atoms with Gasteiger partial charge in [-0.2, -0.15) is 5.26 Å². The van der Waals surface area contributed by atoms with Crippen LogP contribution in [-0.2, 0) is 14.3 Å². The van der Waals surface area contributed by atoms with Crippen molar-refractivity contribution in [1.29, 1.82) is 5.26 Å². The number of hydrogen-bond donors (Lipinski definition) is 3. The van der Waals surface area contributed by atoms with Gasteiger partial charge in [-0.15, -0.1) is 5.10 Å². The zero-order valence-electron chi connectivity index (χ0n) is 24.1. The van der Waals surface area contributed by atoms with Crippen LogP contribution in [0.25, 0.3) is 11.3 Å². The van der Waals surface area contributed by atoms with Gasteiger partial charge >= 0.3 is 0 Å². The minimum Gasteiger partial charge on any atom is -0.497 e. The number of rotatable bonds is 8. The van der Waals surface area contributed by atoms with Gasteiger partial charge in [0.05, 0.1) is 53.7 Å². The van der Waals surface area contributed by atoms with Crippen molar-refractivity contribution in [2.45, 2.75) is 68.3 Å². The molecule has 14 heteroatoms. The number of aliphatic hydroxyl groups is 3. The van der Waals surface area contributed by atoms with E-state index in [0.29, 0.717) is 45.6 Å². The minimum absolute atomic E-state index is 0.259. The van der Waals surface area contributed by atoms with Gasteiger partial charge in [0.15, 0.2) is 6.10 Å². The molecule has 2 aromatic carbocycles. The molecule has 0 unspecified atom stereocenters. The van der Waals surface area contributed by atoms with E-state index in [4.69, 9.17) is 37.4 Å². The Bertz CT molecular complexity index is 1530. The lowest BCUT2D eigenvalue weighted by Crippen LogP contribution is -2.63. The predicted molar refractivity (Wildman–Crippen MR) is 161 cm³/mol. The number of anilines is 1. The molecule has 1 aliphatic carbocycles. The Morgan fingerprint density at radius 2 is 1.93 bits per heavy atom. The lowest BCUT2D eigenvalue weighted by molar-refractivity contribution is -0.211. The van der Waals surface area contributed by atoms with Crippen molar-refractivity contribution >= 4 is 34.8 Å². The number of carbonyl (C=O) groups is 1. The van der Waals surface area contributed by atoms with E-state index in [1.807, 2.05) is 0 Å². The molecule has 1 aliphatic heterocycles. The third-order valence-corrected chi connectivity index (χ3v) is 8.95. The van der Waals surface area contributed by atoms with Gasteiger partial charge in [-0.25, -0.2) is 4.68 Å². The van der Waals surface area contributed by atoms with E-state index in [-0.39, 0.29) is 5.56 Å². The second-order valence-corrected chi connectivity index (χ2v) is 11.6. The summed E-state index contributed by atoms with van der Waals surface area (Å²) in [5, 5.41) is 51.4. The van der Waals surface area contributed by atoms with Crippen LogP contribution in [0.2, 0.25) is 10.0 Å². The summed E-state index contributed by atoms with van der Waals surface area (Å²) >= 11 is 12.3. The maximum Gasteiger partial charge on any atom is 0.259 e. The van der Waals surface area contributed by atoms with Crippen molar-refractivity contribution in [3.05, 3.63) is 58.2 Å². The van der Waals surface area contributed by atoms with Gasteiger partial charge in [-0.05, 0) is 37.1 Å². The summed E-state index contributed by atoms with van der Waals surface area (Å²) in [6, 6.07) is 10.1. The van der Waals surface area contributed by atoms with E-state index >= 15 is 0 Å². The van der Waals surface area contributed by atoms with Crippen LogP contribution in [-0.4, -0.2) is 93.6 Å². The largest absolute Gasteiger partial charge is 0.497 e. The fraction of sp³-hybridized carbons (Fsp3) is 0.467. The van der Waals surface area contributed by atoms with E-state index in [0.717, 1.165) is 12.8 Å².